The van der Waals surface area contributed by atoms with E-state index in [0.29, 0.717) is 12.6 Å². The van der Waals surface area contributed by atoms with Crippen LogP contribution >= 0.6 is 0 Å². The summed E-state index contributed by atoms with van der Waals surface area (Å²) >= 11 is 0. The molecule has 1 aromatic rings. The van der Waals surface area contributed by atoms with Gasteiger partial charge in [0.1, 0.15) is 5.82 Å². The van der Waals surface area contributed by atoms with Gasteiger partial charge in [0.05, 0.1) is 0 Å². The minimum atomic E-state index is 0.565. The lowest BCUT2D eigenvalue weighted by Crippen LogP contribution is -2.49. The maximum atomic E-state index is 5.60. The van der Waals surface area contributed by atoms with Gasteiger partial charge < -0.3 is 10.6 Å². The first-order valence-electron chi connectivity index (χ1n) is 7.38. The molecule has 4 heteroatoms. The number of pyridine rings is 1. The lowest BCUT2D eigenvalue weighted by molar-refractivity contribution is 0.187. The van der Waals surface area contributed by atoms with Crippen molar-refractivity contribution in [2.45, 2.75) is 39.3 Å². The summed E-state index contributed by atoms with van der Waals surface area (Å²) < 4.78 is 0. The van der Waals surface area contributed by atoms with Crippen LogP contribution in [0.15, 0.2) is 18.3 Å². The van der Waals surface area contributed by atoms with Crippen LogP contribution in [0.5, 0.6) is 0 Å². The number of hydrogen-bond acceptors (Lipinski definition) is 4. The van der Waals surface area contributed by atoms with Crippen LogP contribution in [0.4, 0.5) is 5.82 Å². The Bertz CT molecular complexity index is 368. The van der Waals surface area contributed by atoms with Crippen molar-refractivity contribution in [2.75, 3.05) is 31.1 Å². The summed E-state index contributed by atoms with van der Waals surface area (Å²) in [5.41, 5.74) is 6.69. The van der Waals surface area contributed by atoms with E-state index in [1.807, 2.05) is 6.20 Å². The molecule has 2 N–H and O–H groups in total. The van der Waals surface area contributed by atoms with Gasteiger partial charge in [-0.2, -0.15) is 0 Å². The Morgan fingerprint density at radius 1 is 1.26 bits per heavy atom. The summed E-state index contributed by atoms with van der Waals surface area (Å²) in [6.45, 7) is 9.59. The number of anilines is 1. The van der Waals surface area contributed by atoms with Crippen molar-refractivity contribution >= 4 is 5.82 Å². The normalized spacial score (nSPS) is 18.6. The van der Waals surface area contributed by atoms with Gasteiger partial charge in [-0.3, -0.25) is 4.90 Å². The maximum absolute atomic E-state index is 5.60. The molecular formula is C15H26N4. The highest BCUT2D eigenvalue weighted by atomic mass is 15.3. The van der Waals surface area contributed by atoms with Crippen molar-refractivity contribution in [3.8, 4) is 0 Å². The molecule has 0 radical (unpaired) electrons. The first-order chi connectivity index (χ1) is 9.24. The van der Waals surface area contributed by atoms with E-state index >= 15 is 0 Å². The van der Waals surface area contributed by atoms with E-state index in [9.17, 15) is 0 Å². The predicted molar refractivity (Wildman–Crippen MR) is 80.3 cm³/mol. The minimum absolute atomic E-state index is 0.565. The average molecular weight is 262 g/mol. The van der Waals surface area contributed by atoms with Crippen LogP contribution in [-0.2, 0) is 6.54 Å². The summed E-state index contributed by atoms with van der Waals surface area (Å²) in [7, 11) is 0. The van der Waals surface area contributed by atoms with E-state index in [-0.39, 0.29) is 0 Å². The van der Waals surface area contributed by atoms with Crippen LogP contribution in [0.2, 0.25) is 0 Å². The Balaban J connectivity index is 1.88. The number of aromatic nitrogens is 1. The molecule has 1 aliphatic rings. The van der Waals surface area contributed by atoms with E-state index in [4.69, 9.17) is 5.73 Å². The maximum Gasteiger partial charge on any atom is 0.128 e. The van der Waals surface area contributed by atoms with E-state index in [0.717, 1.165) is 37.6 Å². The smallest absolute Gasteiger partial charge is 0.128 e. The second-order valence-corrected chi connectivity index (χ2v) is 5.39. The van der Waals surface area contributed by atoms with E-state index in [2.05, 4.69) is 40.8 Å². The molecule has 1 saturated heterocycles. The van der Waals surface area contributed by atoms with Crippen molar-refractivity contribution in [3.63, 3.8) is 0 Å². The number of piperazine rings is 1. The van der Waals surface area contributed by atoms with Gasteiger partial charge in [0.25, 0.3) is 0 Å². The lowest BCUT2D eigenvalue weighted by Gasteiger charge is -2.38. The van der Waals surface area contributed by atoms with Gasteiger partial charge in [0, 0.05) is 45.0 Å². The topological polar surface area (TPSA) is 45.4 Å². The van der Waals surface area contributed by atoms with Crippen molar-refractivity contribution in [1.29, 1.82) is 0 Å². The molecule has 1 aliphatic heterocycles. The zero-order valence-electron chi connectivity index (χ0n) is 12.2. The summed E-state index contributed by atoms with van der Waals surface area (Å²) in [5, 5.41) is 0. The molecule has 0 amide bonds. The van der Waals surface area contributed by atoms with E-state index < -0.39 is 0 Å². The fourth-order valence-electron chi connectivity index (χ4n) is 2.72. The van der Waals surface area contributed by atoms with Crippen molar-refractivity contribution in [1.82, 2.24) is 9.88 Å². The second kappa shape index (κ2) is 6.87. The highest BCUT2D eigenvalue weighted by molar-refractivity contribution is 5.39. The second-order valence-electron chi connectivity index (χ2n) is 5.39. The molecular weight excluding hydrogens is 236 g/mol. The van der Waals surface area contributed by atoms with E-state index in [1.165, 1.54) is 12.8 Å². The monoisotopic (exact) mass is 262 g/mol. The molecule has 1 fully saturated rings. The molecule has 0 spiro atoms. The fraction of sp³-hybridized carbons (Fsp3) is 0.667. The molecule has 0 aliphatic carbocycles. The van der Waals surface area contributed by atoms with Crippen LogP contribution in [0.25, 0.3) is 0 Å². The van der Waals surface area contributed by atoms with Gasteiger partial charge >= 0.3 is 0 Å². The van der Waals surface area contributed by atoms with Gasteiger partial charge in [-0.15, -0.1) is 0 Å². The zero-order valence-corrected chi connectivity index (χ0v) is 12.2. The first kappa shape index (κ1) is 14.3. The van der Waals surface area contributed by atoms with Crippen molar-refractivity contribution < 1.29 is 0 Å². The zero-order chi connectivity index (χ0) is 13.7. The quantitative estimate of drug-likeness (QED) is 0.879. The van der Waals surface area contributed by atoms with Gasteiger partial charge in [-0.25, -0.2) is 4.98 Å². The van der Waals surface area contributed by atoms with Crippen molar-refractivity contribution in [3.05, 3.63) is 23.9 Å². The number of hydrogen-bond donors (Lipinski definition) is 1. The largest absolute Gasteiger partial charge is 0.354 e. The van der Waals surface area contributed by atoms with Crippen LogP contribution in [0.3, 0.4) is 0 Å². The highest BCUT2D eigenvalue weighted by Crippen LogP contribution is 2.16. The fourth-order valence-corrected chi connectivity index (χ4v) is 2.72. The average Bonchev–Trinajstić information content (AvgIpc) is 2.48. The Labute approximate surface area is 116 Å². The SMILES string of the molecule is CCCC(C)N1CCN(c2ccc(CN)cn2)CC1. The molecule has 0 saturated carbocycles. The molecule has 2 heterocycles. The summed E-state index contributed by atoms with van der Waals surface area (Å²) in [4.78, 5) is 9.47. The number of nitrogens with zero attached hydrogens (tertiary/aromatic N) is 3. The Morgan fingerprint density at radius 2 is 2.00 bits per heavy atom. The molecule has 2 rings (SSSR count). The summed E-state index contributed by atoms with van der Waals surface area (Å²) in [6.07, 6.45) is 4.45. The van der Waals surface area contributed by atoms with Crippen LogP contribution in [-0.4, -0.2) is 42.1 Å². The molecule has 0 bridgehead atoms. The molecule has 0 aromatic carbocycles. The van der Waals surface area contributed by atoms with Crippen molar-refractivity contribution in [2.24, 2.45) is 5.73 Å². The van der Waals surface area contributed by atoms with Crippen LogP contribution < -0.4 is 10.6 Å². The minimum Gasteiger partial charge on any atom is -0.354 e. The third kappa shape index (κ3) is 3.67. The molecule has 1 unspecified atom stereocenters. The van der Waals surface area contributed by atoms with Gasteiger partial charge in [0.2, 0.25) is 0 Å². The highest BCUT2D eigenvalue weighted by Gasteiger charge is 2.21. The third-order valence-corrected chi connectivity index (χ3v) is 4.01. The first-order valence-corrected chi connectivity index (χ1v) is 7.38. The Morgan fingerprint density at radius 3 is 2.53 bits per heavy atom. The lowest BCUT2D eigenvalue weighted by atomic mass is 10.1. The van der Waals surface area contributed by atoms with Crippen LogP contribution in [0.1, 0.15) is 32.3 Å². The van der Waals surface area contributed by atoms with Gasteiger partial charge in [0.15, 0.2) is 0 Å². The predicted octanol–water partition coefficient (Wildman–Crippen LogP) is 1.85. The molecule has 4 nitrogen and oxygen atoms in total. The molecule has 1 aromatic heterocycles. The van der Waals surface area contributed by atoms with Crippen LogP contribution in [0, 0.1) is 0 Å². The summed E-state index contributed by atoms with van der Waals surface area (Å²) in [5.74, 6) is 1.08. The molecule has 106 valence electrons. The standard InChI is InChI=1S/C15H26N4/c1-3-4-13(2)18-7-9-19(10-8-18)15-6-5-14(11-16)12-17-15/h5-6,12-13H,3-4,7-11,16H2,1-2H3. The summed E-state index contributed by atoms with van der Waals surface area (Å²) in [6, 6.07) is 4.88. The Hall–Kier alpha value is -1.13. The van der Waals surface area contributed by atoms with E-state index in [1.54, 1.807) is 0 Å². The Kier molecular flexibility index (Phi) is 5.16. The molecule has 19 heavy (non-hydrogen) atoms. The third-order valence-electron chi connectivity index (χ3n) is 4.01. The number of nitrogens with two attached hydrogens (primary N) is 1. The van der Waals surface area contributed by atoms with Gasteiger partial charge in [-0.1, -0.05) is 19.4 Å². The van der Waals surface area contributed by atoms with Gasteiger partial charge in [-0.05, 0) is 25.0 Å². The molecule has 1 atom stereocenters. The number of rotatable bonds is 5.